The second kappa shape index (κ2) is 8.85. The minimum absolute atomic E-state index is 0.165. The van der Waals surface area contributed by atoms with E-state index in [1.807, 2.05) is 41.6 Å². The summed E-state index contributed by atoms with van der Waals surface area (Å²) in [5.41, 5.74) is 0.984. The number of imidazole rings is 1. The molecule has 0 aliphatic carbocycles. The number of likely N-dealkylation sites (tertiary alicyclic amines) is 1. The van der Waals surface area contributed by atoms with Crippen LogP contribution in [0.15, 0.2) is 36.7 Å². The van der Waals surface area contributed by atoms with Crippen LogP contribution in [-0.2, 0) is 22.5 Å². The Labute approximate surface area is 154 Å². The Morgan fingerprint density at radius 1 is 1.35 bits per heavy atom. The predicted molar refractivity (Wildman–Crippen MR) is 99.4 cm³/mol. The third kappa shape index (κ3) is 4.43. The van der Waals surface area contributed by atoms with Crippen LogP contribution >= 0.6 is 0 Å². The Kier molecular flexibility index (Phi) is 6.28. The maximum atomic E-state index is 12.8. The molecule has 2 heterocycles. The van der Waals surface area contributed by atoms with E-state index in [0.29, 0.717) is 13.0 Å². The number of methoxy groups -OCH3 is 2. The van der Waals surface area contributed by atoms with Gasteiger partial charge in [-0.1, -0.05) is 12.1 Å². The SMILES string of the molecule is COCCn1ccnc1[C@H]1CCCN(C(=O)Cc2cccc(OC)c2)C1. The van der Waals surface area contributed by atoms with Gasteiger partial charge in [-0.2, -0.15) is 0 Å². The Morgan fingerprint density at radius 2 is 2.23 bits per heavy atom. The number of aromatic nitrogens is 2. The second-order valence-electron chi connectivity index (χ2n) is 6.68. The molecule has 3 rings (SSSR count). The van der Waals surface area contributed by atoms with Gasteiger partial charge in [0.1, 0.15) is 11.6 Å². The minimum Gasteiger partial charge on any atom is -0.497 e. The zero-order valence-electron chi connectivity index (χ0n) is 15.6. The lowest BCUT2D eigenvalue weighted by atomic mass is 9.96. The summed E-state index contributed by atoms with van der Waals surface area (Å²) in [6, 6.07) is 7.72. The maximum Gasteiger partial charge on any atom is 0.227 e. The minimum atomic E-state index is 0.165. The summed E-state index contributed by atoms with van der Waals surface area (Å²) in [5.74, 6) is 2.29. The quantitative estimate of drug-likeness (QED) is 0.764. The molecule has 140 valence electrons. The van der Waals surface area contributed by atoms with Crippen LogP contribution in [-0.4, -0.2) is 54.3 Å². The van der Waals surface area contributed by atoms with Gasteiger partial charge in [-0.3, -0.25) is 4.79 Å². The van der Waals surface area contributed by atoms with Crippen molar-refractivity contribution >= 4 is 5.91 Å². The van der Waals surface area contributed by atoms with E-state index in [1.165, 1.54) is 0 Å². The molecular formula is C20H27N3O3. The Morgan fingerprint density at radius 3 is 3.04 bits per heavy atom. The number of hydrogen-bond acceptors (Lipinski definition) is 4. The van der Waals surface area contributed by atoms with E-state index >= 15 is 0 Å². The van der Waals surface area contributed by atoms with E-state index in [1.54, 1.807) is 14.2 Å². The molecule has 1 fully saturated rings. The van der Waals surface area contributed by atoms with Gasteiger partial charge < -0.3 is 18.9 Å². The lowest BCUT2D eigenvalue weighted by Gasteiger charge is -2.33. The van der Waals surface area contributed by atoms with Crippen molar-refractivity contribution in [3.05, 3.63) is 48.0 Å². The fourth-order valence-electron chi connectivity index (χ4n) is 3.54. The summed E-state index contributed by atoms with van der Waals surface area (Å²) in [6.07, 6.45) is 6.30. The zero-order valence-corrected chi connectivity index (χ0v) is 15.6. The van der Waals surface area contributed by atoms with Crippen LogP contribution in [0.2, 0.25) is 0 Å². The summed E-state index contributed by atoms with van der Waals surface area (Å²) >= 11 is 0. The van der Waals surface area contributed by atoms with Crippen LogP contribution in [0.4, 0.5) is 0 Å². The molecule has 0 unspecified atom stereocenters. The van der Waals surface area contributed by atoms with Crippen LogP contribution in [0, 0.1) is 0 Å². The average Bonchev–Trinajstić information content (AvgIpc) is 3.15. The molecule has 0 spiro atoms. The molecule has 1 atom stereocenters. The normalized spacial score (nSPS) is 17.3. The van der Waals surface area contributed by atoms with E-state index in [2.05, 4.69) is 9.55 Å². The number of carbonyl (C=O) groups excluding carboxylic acids is 1. The third-order valence-electron chi connectivity index (χ3n) is 4.91. The highest BCUT2D eigenvalue weighted by Crippen LogP contribution is 2.26. The number of ether oxygens (including phenoxy) is 2. The van der Waals surface area contributed by atoms with Crippen molar-refractivity contribution in [3.63, 3.8) is 0 Å². The van der Waals surface area contributed by atoms with Gasteiger partial charge in [0, 0.05) is 45.1 Å². The molecule has 0 N–H and O–H groups in total. The van der Waals surface area contributed by atoms with Crippen LogP contribution in [0.5, 0.6) is 5.75 Å². The van der Waals surface area contributed by atoms with Crippen LogP contribution in [0.3, 0.4) is 0 Å². The molecule has 1 amide bonds. The van der Waals surface area contributed by atoms with Gasteiger partial charge in [0.2, 0.25) is 5.91 Å². The fourth-order valence-corrected chi connectivity index (χ4v) is 3.54. The molecule has 26 heavy (non-hydrogen) atoms. The number of amides is 1. The molecule has 6 heteroatoms. The first-order chi connectivity index (χ1) is 12.7. The highest BCUT2D eigenvalue weighted by molar-refractivity contribution is 5.79. The molecule has 1 aromatic carbocycles. The van der Waals surface area contributed by atoms with E-state index < -0.39 is 0 Å². The first-order valence-electron chi connectivity index (χ1n) is 9.12. The molecule has 0 radical (unpaired) electrons. The van der Waals surface area contributed by atoms with E-state index in [-0.39, 0.29) is 11.8 Å². The largest absolute Gasteiger partial charge is 0.497 e. The van der Waals surface area contributed by atoms with Gasteiger partial charge in [-0.05, 0) is 30.5 Å². The first-order valence-corrected chi connectivity index (χ1v) is 9.12. The molecule has 0 saturated carbocycles. The van der Waals surface area contributed by atoms with Crippen molar-refractivity contribution in [2.75, 3.05) is 33.9 Å². The molecule has 1 saturated heterocycles. The number of piperidine rings is 1. The summed E-state index contributed by atoms with van der Waals surface area (Å²) in [5, 5.41) is 0. The molecule has 2 aromatic rings. The van der Waals surface area contributed by atoms with Crippen molar-refractivity contribution < 1.29 is 14.3 Å². The number of nitrogens with zero attached hydrogens (tertiary/aromatic N) is 3. The number of rotatable bonds is 7. The highest BCUT2D eigenvalue weighted by atomic mass is 16.5. The fraction of sp³-hybridized carbons (Fsp3) is 0.500. The van der Waals surface area contributed by atoms with Gasteiger partial charge in [0.05, 0.1) is 20.1 Å². The topological polar surface area (TPSA) is 56.6 Å². The second-order valence-corrected chi connectivity index (χ2v) is 6.68. The van der Waals surface area contributed by atoms with Crippen LogP contribution < -0.4 is 4.74 Å². The third-order valence-corrected chi connectivity index (χ3v) is 4.91. The van der Waals surface area contributed by atoms with Crippen molar-refractivity contribution in [1.82, 2.24) is 14.5 Å². The Bertz CT molecular complexity index is 729. The van der Waals surface area contributed by atoms with Crippen molar-refractivity contribution in [2.45, 2.75) is 31.7 Å². The molecule has 0 bridgehead atoms. The smallest absolute Gasteiger partial charge is 0.227 e. The number of benzene rings is 1. The summed E-state index contributed by atoms with van der Waals surface area (Å²) in [4.78, 5) is 19.3. The van der Waals surface area contributed by atoms with Gasteiger partial charge >= 0.3 is 0 Å². The zero-order chi connectivity index (χ0) is 18.4. The standard InChI is InChI=1S/C20H27N3O3/c1-25-12-11-22-10-8-21-20(22)17-6-4-9-23(15-17)19(24)14-16-5-3-7-18(13-16)26-2/h3,5,7-8,10,13,17H,4,6,9,11-12,14-15H2,1-2H3/t17-/m0/s1. The maximum absolute atomic E-state index is 12.8. The Hall–Kier alpha value is -2.34. The van der Waals surface area contributed by atoms with Crippen molar-refractivity contribution in [2.24, 2.45) is 0 Å². The summed E-state index contributed by atoms with van der Waals surface area (Å²) in [6.45, 7) is 3.00. The van der Waals surface area contributed by atoms with Gasteiger partial charge in [-0.25, -0.2) is 4.98 Å². The van der Waals surface area contributed by atoms with E-state index in [9.17, 15) is 4.79 Å². The van der Waals surface area contributed by atoms with Gasteiger partial charge in [0.25, 0.3) is 0 Å². The van der Waals surface area contributed by atoms with Crippen molar-refractivity contribution in [3.8, 4) is 5.75 Å². The molecule has 1 aliphatic heterocycles. The Balaban J connectivity index is 1.64. The highest BCUT2D eigenvalue weighted by Gasteiger charge is 2.27. The number of hydrogen-bond donors (Lipinski definition) is 0. The molecule has 1 aromatic heterocycles. The van der Waals surface area contributed by atoms with Crippen molar-refractivity contribution in [1.29, 1.82) is 0 Å². The summed E-state index contributed by atoms with van der Waals surface area (Å²) < 4.78 is 12.6. The lowest BCUT2D eigenvalue weighted by molar-refractivity contribution is -0.131. The monoisotopic (exact) mass is 357 g/mol. The molecule has 1 aliphatic rings. The molecular weight excluding hydrogens is 330 g/mol. The first kappa shape index (κ1) is 18.5. The van der Waals surface area contributed by atoms with E-state index in [4.69, 9.17) is 9.47 Å². The molecule has 6 nitrogen and oxygen atoms in total. The van der Waals surface area contributed by atoms with Gasteiger partial charge in [-0.15, -0.1) is 0 Å². The average molecular weight is 357 g/mol. The number of carbonyl (C=O) groups is 1. The van der Waals surface area contributed by atoms with Crippen LogP contribution in [0.25, 0.3) is 0 Å². The lowest BCUT2D eigenvalue weighted by Crippen LogP contribution is -2.40. The van der Waals surface area contributed by atoms with Gasteiger partial charge in [0.15, 0.2) is 0 Å². The predicted octanol–water partition coefficient (Wildman–Crippen LogP) is 2.49. The van der Waals surface area contributed by atoms with Crippen LogP contribution in [0.1, 0.15) is 30.1 Å². The summed E-state index contributed by atoms with van der Waals surface area (Å²) in [7, 11) is 3.35. The van der Waals surface area contributed by atoms with E-state index in [0.717, 1.165) is 49.6 Å².